The number of aromatic nitrogens is 2. The van der Waals surface area contributed by atoms with Crippen LogP contribution < -0.4 is 5.32 Å². The summed E-state index contributed by atoms with van der Waals surface area (Å²) in [6, 6.07) is 6.61. The molecule has 0 radical (unpaired) electrons. The third-order valence-electron chi connectivity index (χ3n) is 2.33. The Bertz CT molecular complexity index is 646. The van der Waals surface area contributed by atoms with Crippen molar-refractivity contribution in [3.05, 3.63) is 45.3 Å². The van der Waals surface area contributed by atoms with E-state index in [4.69, 9.17) is 34.8 Å². The number of hydrogen-bond donors (Lipinski definition) is 1. The lowest BCUT2D eigenvalue weighted by atomic mass is 10.2. The summed E-state index contributed by atoms with van der Waals surface area (Å²) >= 11 is 18.9. The second-order valence-corrected chi connectivity index (χ2v) is 5.66. The first-order valence-corrected chi connectivity index (χ1v) is 7.70. The normalized spacial score (nSPS) is 10.4. The molecule has 1 N–H and O–H groups in total. The maximum Gasteiger partial charge on any atom is 0.258 e. The molecule has 0 aliphatic rings. The van der Waals surface area contributed by atoms with Gasteiger partial charge in [-0.1, -0.05) is 23.2 Å². The molecule has 20 heavy (non-hydrogen) atoms. The molecular formula is C12H8Cl3N3OS. The van der Waals surface area contributed by atoms with Crippen molar-refractivity contribution in [2.75, 3.05) is 11.6 Å². The van der Waals surface area contributed by atoms with Gasteiger partial charge in [-0.05, 0) is 36.1 Å². The predicted molar refractivity (Wildman–Crippen MR) is 83.2 cm³/mol. The van der Waals surface area contributed by atoms with Crippen LogP contribution in [0.1, 0.15) is 10.4 Å². The maximum atomic E-state index is 12.2. The van der Waals surface area contributed by atoms with Gasteiger partial charge >= 0.3 is 0 Å². The second kappa shape index (κ2) is 6.63. The highest BCUT2D eigenvalue weighted by atomic mass is 35.5. The summed E-state index contributed by atoms with van der Waals surface area (Å²) in [6.07, 6.45) is 1.91. The molecule has 0 saturated heterocycles. The van der Waals surface area contributed by atoms with Crippen LogP contribution >= 0.6 is 46.6 Å². The van der Waals surface area contributed by atoms with E-state index in [1.54, 1.807) is 12.1 Å². The van der Waals surface area contributed by atoms with Gasteiger partial charge in [-0.3, -0.25) is 4.79 Å². The monoisotopic (exact) mass is 347 g/mol. The van der Waals surface area contributed by atoms with Crippen molar-refractivity contribution in [1.29, 1.82) is 0 Å². The number of halogens is 3. The number of anilines is 1. The molecule has 0 aliphatic heterocycles. The summed E-state index contributed by atoms with van der Waals surface area (Å²) in [5.41, 5.74) is 0.351. The molecule has 1 aromatic carbocycles. The van der Waals surface area contributed by atoms with Gasteiger partial charge in [0.25, 0.3) is 5.91 Å². The number of thioether (sulfide) groups is 1. The van der Waals surface area contributed by atoms with Gasteiger partial charge in [0, 0.05) is 11.0 Å². The SMILES string of the molecule is CSc1ccc(Cl)c(C(=O)Nc2cc(Cl)nc(Cl)n2)c1. The van der Waals surface area contributed by atoms with Crippen LogP contribution in [-0.2, 0) is 0 Å². The zero-order valence-electron chi connectivity index (χ0n) is 10.2. The third kappa shape index (κ3) is 3.76. The average Bonchev–Trinajstić information content (AvgIpc) is 2.37. The molecule has 0 bridgehead atoms. The molecule has 0 atom stereocenters. The number of carbonyl (C=O) groups excluding carboxylic acids is 1. The van der Waals surface area contributed by atoms with Gasteiger partial charge in [0.2, 0.25) is 5.28 Å². The number of amides is 1. The number of carbonyl (C=O) groups is 1. The van der Waals surface area contributed by atoms with Gasteiger partial charge in [-0.2, -0.15) is 0 Å². The van der Waals surface area contributed by atoms with E-state index in [-0.39, 0.29) is 16.3 Å². The second-order valence-electron chi connectivity index (χ2n) is 3.64. The van der Waals surface area contributed by atoms with E-state index in [9.17, 15) is 4.79 Å². The van der Waals surface area contributed by atoms with Crippen molar-refractivity contribution in [2.24, 2.45) is 0 Å². The van der Waals surface area contributed by atoms with Crippen LogP contribution in [0.4, 0.5) is 5.82 Å². The maximum absolute atomic E-state index is 12.2. The van der Waals surface area contributed by atoms with Crippen molar-refractivity contribution < 1.29 is 4.79 Å². The minimum absolute atomic E-state index is 0.0447. The highest BCUT2D eigenvalue weighted by molar-refractivity contribution is 7.98. The summed E-state index contributed by atoms with van der Waals surface area (Å²) in [5, 5.41) is 3.03. The third-order valence-corrected chi connectivity index (χ3v) is 3.74. The first-order valence-electron chi connectivity index (χ1n) is 5.34. The first-order chi connectivity index (χ1) is 9.49. The van der Waals surface area contributed by atoms with Crippen molar-refractivity contribution in [1.82, 2.24) is 9.97 Å². The summed E-state index contributed by atoms with van der Waals surface area (Å²) in [4.78, 5) is 20.7. The van der Waals surface area contributed by atoms with E-state index in [1.807, 2.05) is 12.3 Å². The number of rotatable bonds is 3. The molecule has 8 heteroatoms. The van der Waals surface area contributed by atoms with Gasteiger partial charge in [0.05, 0.1) is 10.6 Å². The largest absolute Gasteiger partial charge is 0.306 e. The summed E-state index contributed by atoms with van der Waals surface area (Å²) in [6.45, 7) is 0. The zero-order chi connectivity index (χ0) is 14.7. The predicted octanol–water partition coefficient (Wildman–Crippen LogP) is 4.41. The van der Waals surface area contributed by atoms with Crippen molar-refractivity contribution in [2.45, 2.75) is 4.90 Å². The molecule has 1 aromatic heterocycles. The van der Waals surface area contributed by atoms with Crippen LogP contribution in [0.5, 0.6) is 0 Å². The van der Waals surface area contributed by atoms with Gasteiger partial charge in [-0.15, -0.1) is 11.8 Å². The minimum Gasteiger partial charge on any atom is -0.306 e. The lowest BCUT2D eigenvalue weighted by Gasteiger charge is -2.08. The number of nitrogens with zero attached hydrogens (tertiary/aromatic N) is 2. The molecule has 2 aromatic rings. The molecule has 0 fully saturated rings. The van der Waals surface area contributed by atoms with Gasteiger partial charge in [-0.25, -0.2) is 9.97 Å². The fourth-order valence-electron chi connectivity index (χ4n) is 1.44. The molecule has 1 heterocycles. The molecule has 0 saturated carbocycles. The smallest absolute Gasteiger partial charge is 0.258 e. The van der Waals surface area contributed by atoms with Crippen molar-refractivity contribution in [3.8, 4) is 0 Å². The molecule has 104 valence electrons. The Hall–Kier alpha value is -1.01. The molecule has 2 rings (SSSR count). The van der Waals surface area contributed by atoms with E-state index in [2.05, 4.69) is 15.3 Å². The summed E-state index contributed by atoms with van der Waals surface area (Å²) < 4.78 is 0. The van der Waals surface area contributed by atoms with E-state index < -0.39 is 5.91 Å². The van der Waals surface area contributed by atoms with Crippen LogP contribution in [0.25, 0.3) is 0 Å². The van der Waals surface area contributed by atoms with Crippen LogP contribution in [-0.4, -0.2) is 22.1 Å². The Morgan fingerprint density at radius 2 is 1.95 bits per heavy atom. The average molecular weight is 349 g/mol. The number of benzene rings is 1. The fraction of sp³-hybridized carbons (Fsp3) is 0.0833. The lowest BCUT2D eigenvalue weighted by Crippen LogP contribution is -2.14. The number of nitrogens with one attached hydrogen (secondary N) is 1. The van der Waals surface area contributed by atoms with Crippen LogP contribution in [0, 0.1) is 0 Å². The quantitative estimate of drug-likeness (QED) is 0.507. The standard InChI is InChI=1S/C12H8Cl3N3OS/c1-20-6-2-3-8(13)7(4-6)11(19)17-10-5-9(14)16-12(15)18-10/h2-5H,1H3,(H,16,17,18,19). The van der Waals surface area contributed by atoms with Crippen LogP contribution in [0.3, 0.4) is 0 Å². The number of hydrogen-bond acceptors (Lipinski definition) is 4. The van der Waals surface area contributed by atoms with E-state index >= 15 is 0 Å². The minimum atomic E-state index is -0.392. The highest BCUT2D eigenvalue weighted by Gasteiger charge is 2.13. The van der Waals surface area contributed by atoms with Crippen molar-refractivity contribution >= 4 is 58.3 Å². The lowest BCUT2D eigenvalue weighted by molar-refractivity contribution is 0.102. The zero-order valence-corrected chi connectivity index (χ0v) is 13.2. The Balaban J connectivity index is 2.27. The molecule has 0 unspecified atom stereocenters. The summed E-state index contributed by atoms with van der Waals surface area (Å²) in [7, 11) is 0. The summed E-state index contributed by atoms with van der Waals surface area (Å²) in [5.74, 6) is -0.178. The topological polar surface area (TPSA) is 54.9 Å². The van der Waals surface area contributed by atoms with Crippen LogP contribution in [0.15, 0.2) is 29.2 Å². The molecule has 0 aliphatic carbocycles. The van der Waals surface area contributed by atoms with Crippen molar-refractivity contribution in [3.63, 3.8) is 0 Å². The van der Waals surface area contributed by atoms with E-state index in [0.29, 0.717) is 10.6 Å². The Morgan fingerprint density at radius 3 is 2.60 bits per heavy atom. The van der Waals surface area contributed by atoms with Gasteiger partial charge in [0.15, 0.2) is 0 Å². The van der Waals surface area contributed by atoms with Crippen LogP contribution in [0.2, 0.25) is 15.5 Å². The molecule has 4 nitrogen and oxygen atoms in total. The molecular weight excluding hydrogens is 341 g/mol. The van der Waals surface area contributed by atoms with E-state index in [1.165, 1.54) is 17.8 Å². The molecule has 1 amide bonds. The molecule has 0 spiro atoms. The van der Waals surface area contributed by atoms with Gasteiger partial charge in [0.1, 0.15) is 11.0 Å². The fourth-order valence-corrected chi connectivity index (χ4v) is 2.49. The van der Waals surface area contributed by atoms with Gasteiger partial charge < -0.3 is 5.32 Å². The van der Waals surface area contributed by atoms with E-state index in [0.717, 1.165) is 4.90 Å². The Labute approximate surface area is 134 Å². The highest BCUT2D eigenvalue weighted by Crippen LogP contribution is 2.24. The first kappa shape index (κ1) is 15.4. The Kier molecular flexibility index (Phi) is 5.10. The Morgan fingerprint density at radius 1 is 1.20 bits per heavy atom.